The molecule has 2 saturated heterocycles. The van der Waals surface area contributed by atoms with Crippen molar-refractivity contribution in [2.75, 3.05) is 31.6 Å². The first-order valence-corrected chi connectivity index (χ1v) is 10.5. The molecule has 4 rings (SSSR count). The Balaban J connectivity index is 1.45. The Morgan fingerprint density at radius 2 is 2.03 bits per heavy atom. The summed E-state index contributed by atoms with van der Waals surface area (Å²) in [6.45, 7) is 4.90. The summed E-state index contributed by atoms with van der Waals surface area (Å²) in [5.41, 5.74) is 0.912. The van der Waals surface area contributed by atoms with Crippen LogP contribution in [0.5, 0.6) is 0 Å². The largest absolute Gasteiger partial charge is 0.392 e. The molecule has 2 aliphatic rings. The summed E-state index contributed by atoms with van der Waals surface area (Å²) < 4.78 is 7.20. The molecule has 0 spiro atoms. The standard InChI is InChI=1S/C21H29N5O3/c1-2-19-22-21(24-26(19)16-6-4-3-5-7-16)23-20(28)18-12-17(27)14-25(18)13-15-8-10-29-11-9-15/h3-7,15,17-18,27H,2,8-14H2,1H3,(H,23,24,28)/t17-,18+/m1/s1. The molecule has 1 amide bonds. The maximum Gasteiger partial charge on any atom is 0.249 e. The lowest BCUT2D eigenvalue weighted by Crippen LogP contribution is -2.43. The molecule has 2 N–H and O–H groups in total. The first-order chi connectivity index (χ1) is 14.1. The number of nitrogens with one attached hydrogen (secondary N) is 1. The van der Waals surface area contributed by atoms with Crippen LogP contribution in [-0.2, 0) is 16.0 Å². The van der Waals surface area contributed by atoms with E-state index in [-0.39, 0.29) is 11.9 Å². The van der Waals surface area contributed by atoms with Gasteiger partial charge in [0.2, 0.25) is 11.9 Å². The van der Waals surface area contributed by atoms with Crippen LogP contribution in [0.1, 0.15) is 32.0 Å². The second kappa shape index (κ2) is 9.02. The van der Waals surface area contributed by atoms with E-state index in [4.69, 9.17) is 4.74 Å². The first kappa shape index (κ1) is 20.0. The van der Waals surface area contributed by atoms with Crippen molar-refractivity contribution >= 4 is 11.9 Å². The number of para-hydroxylation sites is 1. The normalized spacial score (nSPS) is 23.4. The van der Waals surface area contributed by atoms with Crippen molar-refractivity contribution < 1.29 is 14.6 Å². The zero-order valence-corrected chi connectivity index (χ0v) is 16.8. The number of ether oxygens (including phenoxy) is 1. The van der Waals surface area contributed by atoms with Crippen molar-refractivity contribution in [2.24, 2.45) is 5.92 Å². The average molecular weight is 399 g/mol. The molecule has 29 heavy (non-hydrogen) atoms. The number of β-amino-alcohol motifs (C(OH)–C–C–N with tert-alkyl or cyclic N) is 1. The number of hydrogen-bond acceptors (Lipinski definition) is 6. The molecule has 2 fully saturated rings. The molecular weight excluding hydrogens is 370 g/mol. The van der Waals surface area contributed by atoms with Gasteiger partial charge in [-0.1, -0.05) is 25.1 Å². The Morgan fingerprint density at radius 3 is 2.76 bits per heavy atom. The summed E-state index contributed by atoms with van der Waals surface area (Å²) in [5.74, 6) is 1.45. The van der Waals surface area contributed by atoms with Gasteiger partial charge in [-0.05, 0) is 37.3 Å². The van der Waals surface area contributed by atoms with E-state index < -0.39 is 6.10 Å². The second-order valence-electron chi connectivity index (χ2n) is 7.86. The zero-order valence-electron chi connectivity index (χ0n) is 16.8. The Morgan fingerprint density at radius 1 is 1.28 bits per heavy atom. The molecule has 0 radical (unpaired) electrons. The van der Waals surface area contributed by atoms with Crippen LogP contribution in [0.15, 0.2) is 30.3 Å². The first-order valence-electron chi connectivity index (χ1n) is 10.5. The fraction of sp³-hybridized carbons (Fsp3) is 0.571. The number of aromatic nitrogens is 3. The van der Waals surface area contributed by atoms with E-state index in [1.165, 1.54) is 0 Å². The number of aryl methyl sites for hydroxylation is 1. The number of hydrogen-bond donors (Lipinski definition) is 2. The maximum absolute atomic E-state index is 13.0. The highest BCUT2D eigenvalue weighted by Crippen LogP contribution is 2.24. The van der Waals surface area contributed by atoms with E-state index in [1.54, 1.807) is 4.68 Å². The highest BCUT2D eigenvalue weighted by atomic mass is 16.5. The lowest BCUT2D eigenvalue weighted by atomic mass is 9.99. The van der Waals surface area contributed by atoms with Gasteiger partial charge < -0.3 is 9.84 Å². The number of aliphatic hydroxyl groups is 1. The van der Waals surface area contributed by atoms with Gasteiger partial charge >= 0.3 is 0 Å². The Bertz CT molecular complexity index is 819. The number of aliphatic hydroxyl groups excluding tert-OH is 1. The topological polar surface area (TPSA) is 92.5 Å². The van der Waals surface area contributed by atoms with Crippen LogP contribution >= 0.6 is 0 Å². The van der Waals surface area contributed by atoms with Gasteiger partial charge in [0.05, 0.1) is 17.8 Å². The van der Waals surface area contributed by atoms with Crippen LogP contribution in [0.4, 0.5) is 5.95 Å². The molecule has 0 bridgehead atoms. The summed E-state index contributed by atoms with van der Waals surface area (Å²) in [6.07, 6.45) is 2.67. The third-order valence-electron chi connectivity index (χ3n) is 5.74. The van der Waals surface area contributed by atoms with E-state index in [0.717, 1.165) is 44.1 Å². The number of likely N-dealkylation sites (tertiary alicyclic amines) is 1. The fourth-order valence-corrected chi connectivity index (χ4v) is 4.21. The fourth-order valence-electron chi connectivity index (χ4n) is 4.21. The molecule has 3 heterocycles. The van der Waals surface area contributed by atoms with E-state index in [0.29, 0.717) is 31.3 Å². The highest BCUT2D eigenvalue weighted by Gasteiger charge is 2.37. The van der Waals surface area contributed by atoms with Gasteiger partial charge in [0.1, 0.15) is 5.82 Å². The molecule has 0 saturated carbocycles. The lowest BCUT2D eigenvalue weighted by molar-refractivity contribution is -0.120. The van der Waals surface area contributed by atoms with E-state index in [1.807, 2.05) is 37.3 Å². The lowest BCUT2D eigenvalue weighted by Gasteiger charge is -2.29. The predicted octanol–water partition coefficient (Wildman–Crippen LogP) is 1.63. The van der Waals surface area contributed by atoms with Gasteiger partial charge in [-0.2, -0.15) is 4.98 Å². The maximum atomic E-state index is 13.0. The number of anilines is 1. The van der Waals surface area contributed by atoms with Crippen molar-refractivity contribution in [2.45, 2.75) is 44.8 Å². The Hall–Kier alpha value is -2.29. The Labute approximate surface area is 170 Å². The van der Waals surface area contributed by atoms with Gasteiger partial charge in [0, 0.05) is 32.7 Å². The quantitative estimate of drug-likeness (QED) is 0.767. The number of carbonyl (C=O) groups excluding carboxylic acids is 1. The van der Waals surface area contributed by atoms with Gasteiger partial charge in [0.25, 0.3) is 0 Å². The number of rotatable bonds is 6. The Kier molecular flexibility index (Phi) is 6.22. The van der Waals surface area contributed by atoms with Crippen LogP contribution in [0.25, 0.3) is 5.69 Å². The van der Waals surface area contributed by atoms with Crippen molar-refractivity contribution in [3.8, 4) is 5.69 Å². The SMILES string of the molecule is CCc1nc(NC(=O)[C@@H]2C[C@@H](O)CN2CC2CCOCC2)nn1-c1ccccc1. The smallest absolute Gasteiger partial charge is 0.249 e. The molecule has 0 aliphatic carbocycles. The van der Waals surface area contributed by atoms with Crippen LogP contribution in [-0.4, -0.2) is 69.1 Å². The van der Waals surface area contributed by atoms with E-state index >= 15 is 0 Å². The van der Waals surface area contributed by atoms with Gasteiger partial charge in [-0.25, -0.2) is 4.68 Å². The van der Waals surface area contributed by atoms with Crippen LogP contribution in [0.2, 0.25) is 0 Å². The molecule has 2 atom stereocenters. The van der Waals surface area contributed by atoms with Gasteiger partial charge in [-0.15, -0.1) is 5.10 Å². The van der Waals surface area contributed by atoms with Crippen molar-refractivity contribution in [3.05, 3.63) is 36.2 Å². The second-order valence-corrected chi connectivity index (χ2v) is 7.86. The van der Waals surface area contributed by atoms with E-state index in [9.17, 15) is 9.90 Å². The monoisotopic (exact) mass is 399 g/mol. The van der Waals surface area contributed by atoms with Crippen LogP contribution < -0.4 is 5.32 Å². The van der Waals surface area contributed by atoms with Gasteiger partial charge in [0.15, 0.2) is 0 Å². The van der Waals surface area contributed by atoms with Crippen molar-refractivity contribution in [3.63, 3.8) is 0 Å². The molecule has 8 heteroatoms. The predicted molar refractivity (Wildman–Crippen MR) is 109 cm³/mol. The number of amides is 1. The third kappa shape index (κ3) is 4.66. The van der Waals surface area contributed by atoms with Gasteiger partial charge in [-0.3, -0.25) is 15.0 Å². The molecule has 156 valence electrons. The average Bonchev–Trinajstić information content (AvgIpc) is 3.32. The number of carbonyl (C=O) groups is 1. The zero-order chi connectivity index (χ0) is 20.2. The summed E-state index contributed by atoms with van der Waals surface area (Å²) >= 11 is 0. The molecule has 1 aromatic heterocycles. The minimum Gasteiger partial charge on any atom is -0.392 e. The third-order valence-corrected chi connectivity index (χ3v) is 5.74. The highest BCUT2D eigenvalue weighted by molar-refractivity contribution is 5.93. The molecule has 0 unspecified atom stereocenters. The summed E-state index contributed by atoms with van der Waals surface area (Å²) in [5, 5.41) is 17.5. The summed E-state index contributed by atoms with van der Waals surface area (Å²) in [7, 11) is 0. The molecule has 2 aliphatic heterocycles. The summed E-state index contributed by atoms with van der Waals surface area (Å²) in [4.78, 5) is 19.6. The van der Waals surface area contributed by atoms with E-state index in [2.05, 4.69) is 20.3 Å². The molecular formula is C21H29N5O3. The van der Waals surface area contributed by atoms with Crippen LogP contribution in [0.3, 0.4) is 0 Å². The molecule has 8 nitrogen and oxygen atoms in total. The molecule has 1 aromatic carbocycles. The van der Waals surface area contributed by atoms with Crippen molar-refractivity contribution in [1.29, 1.82) is 0 Å². The summed E-state index contributed by atoms with van der Waals surface area (Å²) in [6, 6.07) is 9.41. The minimum atomic E-state index is -0.480. The molecule has 2 aromatic rings. The number of benzene rings is 1. The minimum absolute atomic E-state index is 0.151. The van der Waals surface area contributed by atoms with Crippen LogP contribution in [0, 0.1) is 5.92 Å². The van der Waals surface area contributed by atoms with Crippen molar-refractivity contribution in [1.82, 2.24) is 19.7 Å². The number of nitrogens with zero attached hydrogens (tertiary/aromatic N) is 4.